The predicted molar refractivity (Wildman–Crippen MR) is 83.8 cm³/mol. The second-order valence-corrected chi connectivity index (χ2v) is 7.48. The zero-order valence-electron chi connectivity index (χ0n) is 13.0. The summed E-state index contributed by atoms with van der Waals surface area (Å²) in [6.45, 7) is 0. The molecule has 4 unspecified atom stereocenters. The fourth-order valence-electron chi connectivity index (χ4n) is 5.34. The Balaban J connectivity index is 1.56. The van der Waals surface area contributed by atoms with Crippen LogP contribution in [0.4, 0.5) is 5.69 Å². The summed E-state index contributed by atoms with van der Waals surface area (Å²) >= 11 is 0. The third-order valence-corrected chi connectivity index (χ3v) is 6.41. The van der Waals surface area contributed by atoms with Crippen LogP contribution in [0.25, 0.3) is 0 Å². The SMILES string of the molecule is O=C1CC2CCC1C1C(=O)N(c3ccc4c(c3)CCC4)C(=O)C21. The molecule has 1 aromatic carbocycles. The van der Waals surface area contributed by atoms with Crippen molar-refractivity contribution in [3.63, 3.8) is 0 Å². The molecule has 5 aliphatic rings. The molecule has 4 fully saturated rings. The summed E-state index contributed by atoms with van der Waals surface area (Å²) in [5.41, 5.74) is 3.31. The summed E-state index contributed by atoms with van der Waals surface area (Å²) in [4.78, 5) is 39.4. The van der Waals surface area contributed by atoms with E-state index in [2.05, 4.69) is 6.07 Å². The molecule has 118 valence electrons. The maximum Gasteiger partial charge on any atom is 0.238 e. The van der Waals surface area contributed by atoms with Gasteiger partial charge in [0.05, 0.1) is 17.5 Å². The summed E-state index contributed by atoms with van der Waals surface area (Å²) in [7, 11) is 0. The monoisotopic (exact) mass is 309 g/mol. The summed E-state index contributed by atoms with van der Waals surface area (Å²) < 4.78 is 0. The molecule has 0 N–H and O–H groups in total. The fourth-order valence-corrected chi connectivity index (χ4v) is 5.34. The highest BCUT2D eigenvalue weighted by atomic mass is 16.2. The van der Waals surface area contributed by atoms with Gasteiger partial charge in [0.25, 0.3) is 0 Å². The number of benzene rings is 1. The van der Waals surface area contributed by atoms with E-state index >= 15 is 0 Å². The van der Waals surface area contributed by atoms with E-state index in [9.17, 15) is 14.4 Å². The molecule has 0 spiro atoms. The lowest BCUT2D eigenvalue weighted by Gasteiger charge is -2.41. The molecule has 2 bridgehead atoms. The molecule has 3 saturated carbocycles. The van der Waals surface area contributed by atoms with Gasteiger partial charge in [0.2, 0.25) is 11.8 Å². The largest absolute Gasteiger partial charge is 0.299 e. The number of carbonyl (C=O) groups excluding carboxylic acids is 3. The zero-order chi connectivity index (χ0) is 15.7. The van der Waals surface area contributed by atoms with Crippen molar-refractivity contribution in [2.45, 2.75) is 38.5 Å². The van der Waals surface area contributed by atoms with Crippen molar-refractivity contribution in [2.75, 3.05) is 4.90 Å². The first-order valence-corrected chi connectivity index (χ1v) is 8.67. The normalized spacial score (nSPS) is 35.0. The summed E-state index contributed by atoms with van der Waals surface area (Å²) in [6, 6.07) is 5.97. The number of carbonyl (C=O) groups is 3. The summed E-state index contributed by atoms with van der Waals surface area (Å²) in [6.07, 6.45) is 5.43. The first-order chi connectivity index (χ1) is 11.1. The molecule has 4 atom stereocenters. The number of hydrogen-bond acceptors (Lipinski definition) is 3. The van der Waals surface area contributed by atoms with Gasteiger partial charge in [-0.05, 0) is 61.3 Å². The number of ketones is 1. The highest BCUT2D eigenvalue weighted by Gasteiger charge is 2.60. The van der Waals surface area contributed by atoms with Gasteiger partial charge in [0.1, 0.15) is 5.78 Å². The van der Waals surface area contributed by atoms with Gasteiger partial charge in [-0.25, -0.2) is 0 Å². The number of Topliss-reactive ketones (excluding diaryl/α,β-unsaturated/α-hetero) is 1. The number of imide groups is 1. The van der Waals surface area contributed by atoms with E-state index in [-0.39, 0.29) is 35.4 Å². The highest BCUT2D eigenvalue weighted by molar-refractivity contribution is 6.23. The van der Waals surface area contributed by atoms with E-state index in [1.54, 1.807) is 0 Å². The Hall–Kier alpha value is -1.97. The zero-order valence-corrected chi connectivity index (χ0v) is 13.0. The van der Waals surface area contributed by atoms with Crippen molar-refractivity contribution < 1.29 is 14.4 Å². The Morgan fingerprint density at radius 3 is 2.52 bits per heavy atom. The fraction of sp³-hybridized carbons (Fsp3) is 0.526. The van der Waals surface area contributed by atoms with Gasteiger partial charge >= 0.3 is 0 Å². The number of anilines is 1. The molecule has 1 aliphatic heterocycles. The van der Waals surface area contributed by atoms with Gasteiger partial charge in [-0.3, -0.25) is 19.3 Å². The number of hydrogen-bond donors (Lipinski definition) is 0. The minimum atomic E-state index is -0.393. The Kier molecular flexibility index (Phi) is 2.65. The summed E-state index contributed by atoms with van der Waals surface area (Å²) in [5.74, 6) is -0.808. The molecule has 1 aromatic rings. The van der Waals surface area contributed by atoms with E-state index < -0.39 is 5.92 Å². The van der Waals surface area contributed by atoms with Crippen LogP contribution in [0.3, 0.4) is 0 Å². The molecule has 1 saturated heterocycles. The van der Waals surface area contributed by atoms with E-state index in [4.69, 9.17) is 0 Å². The molecule has 23 heavy (non-hydrogen) atoms. The Labute approximate surface area is 134 Å². The number of aryl methyl sites for hydroxylation is 2. The third-order valence-electron chi connectivity index (χ3n) is 6.41. The van der Waals surface area contributed by atoms with Crippen molar-refractivity contribution in [2.24, 2.45) is 23.7 Å². The predicted octanol–water partition coefficient (Wildman–Crippen LogP) is 2.28. The first kappa shape index (κ1) is 13.5. The lowest BCUT2D eigenvalue weighted by molar-refractivity contribution is -0.143. The van der Waals surface area contributed by atoms with Crippen LogP contribution < -0.4 is 4.90 Å². The molecule has 0 aromatic heterocycles. The molecule has 0 radical (unpaired) electrons. The van der Waals surface area contributed by atoms with Crippen LogP contribution in [0.5, 0.6) is 0 Å². The number of rotatable bonds is 1. The van der Waals surface area contributed by atoms with Crippen molar-refractivity contribution in [1.82, 2.24) is 0 Å². The molecule has 1 heterocycles. The van der Waals surface area contributed by atoms with Crippen molar-refractivity contribution in [3.05, 3.63) is 29.3 Å². The van der Waals surface area contributed by atoms with Crippen LogP contribution in [0.1, 0.15) is 36.8 Å². The lowest BCUT2D eigenvalue weighted by Crippen LogP contribution is -2.46. The van der Waals surface area contributed by atoms with E-state index in [0.717, 1.165) is 32.1 Å². The quantitative estimate of drug-likeness (QED) is 0.748. The smallest absolute Gasteiger partial charge is 0.238 e. The minimum absolute atomic E-state index is 0.0693. The third kappa shape index (κ3) is 1.69. The Morgan fingerprint density at radius 2 is 1.70 bits per heavy atom. The highest BCUT2D eigenvalue weighted by Crippen LogP contribution is 2.52. The van der Waals surface area contributed by atoms with Gasteiger partial charge in [-0.15, -0.1) is 0 Å². The standard InChI is InChI=1S/C19H19NO3/c21-15-9-12-5-7-14(15)17-16(12)18(22)20(19(17)23)13-6-4-10-2-1-3-11(10)8-13/h4,6,8,12,14,16-17H,1-3,5,7,9H2. The number of amides is 2. The van der Waals surface area contributed by atoms with Crippen molar-refractivity contribution in [3.8, 4) is 0 Å². The average Bonchev–Trinajstić information content (AvgIpc) is 3.11. The average molecular weight is 309 g/mol. The van der Waals surface area contributed by atoms with Gasteiger partial charge < -0.3 is 0 Å². The topological polar surface area (TPSA) is 54.5 Å². The molecular weight excluding hydrogens is 290 g/mol. The maximum absolute atomic E-state index is 12.9. The van der Waals surface area contributed by atoms with Crippen LogP contribution in [-0.2, 0) is 27.2 Å². The van der Waals surface area contributed by atoms with Crippen LogP contribution in [0.2, 0.25) is 0 Å². The van der Waals surface area contributed by atoms with E-state index in [1.165, 1.54) is 16.0 Å². The lowest BCUT2D eigenvalue weighted by atomic mass is 9.59. The van der Waals surface area contributed by atoms with Crippen LogP contribution in [0, 0.1) is 23.7 Å². The van der Waals surface area contributed by atoms with Crippen molar-refractivity contribution >= 4 is 23.3 Å². The van der Waals surface area contributed by atoms with Gasteiger partial charge in [-0.1, -0.05) is 6.07 Å². The molecule has 4 nitrogen and oxygen atoms in total. The molecule has 6 rings (SSSR count). The van der Waals surface area contributed by atoms with Crippen molar-refractivity contribution in [1.29, 1.82) is 0 Å². The first-order valence-electron chi connectivity index (χ1n) is 8.67. The van der Waals surface area contributed by atoms with Crippen LogP contribution in [0.15, 0.2) is 18.2 Å². The van der Waals surface area contributed by atoms with Gasteiger partial charge in [0.15, 0.2) is 0 Å². The molecule has 4 heteroatoms. The molecule has 4 aliphatic carbocycles. The Morgan fingerprint density at radius 1 is 0.913 bits per heavy atom. The second-order valence-electron chi connectivity index (χ2n) is 7.48. The number of fused-ring (bicyclic) bond motifs is 3. The van der Waals surface area contributed by atoms with E-state index in [1.807, 2.05) is 12.1 Å². The molecule has 2 amide bonds. The van der Waals surface area contributed by atoms with E-state index in [0.29, 0.717) is 12.1 Å². The van der Waals surface area contributed by atoms with Crippen LogP contribution in [-0.4, -0.2) is 17.6 Å². The van der Waals surface area contributed by atoms with Crippen LogP contribution >= 0.6 is 0 Å². The number of nitrogens with zero attached hydrogens (tertiary/aromatic N) is 1. The Bertz CT molecular complexity index is 753. The maximum atomic E-state index is 12.9. The summed E-state index contributed by atoms with van der Waals surface area (Å²) in [5, 5.41) is 0. The second kappa shape index (κ2) is 4.53. The molecular formula is C19H19NO3. The van der Waals surface area contributed by atoms with Gasteiger partial charge in [-0.2, -0.15) is 0 Å². The van der Waals surface area contributed by atoms with Gasteiger partial charge in [0, 0.05) is 12.3 Å². The minimum Gasteiger partial charge on any atom is -0.299 e.